The summed E-state index contributed by atoms with van der Waals surface area (Å²) in [7, 11) is 0. The third-order valence-corrected chi connectivity index (χ3v) is 2.71. The fourth-order valence-corrected chi connectivity index (χ4v) is 0.402. The summed E-state index contributed by atoms with van der Waals surface area (Å²) in [4.78, 5) is 0. The molecule has 0 unspecified atom stereocenters. The van der Waals surface area contributed by atoms with Crippen LogP contribution in [-0.4, -0.2) is 23.1 Å². The fourth-order valence-electron chi connectivity index (χ4n) is 0.134. The van der Waals surface area contributed by atoms with Crippen molar-refractivity contribution in [2.24, 2.45) is 0 Å². The summed E-state index contributed by atoms with van der Waals surface area (Å²) in [6, 6.07) is 0. The zero-order valence-corrected chi connectivity index (χ0v) is 8.01. The van der Waals surface area contributed by atoms with E-state index in [-0.39, 0.29) is 46.3 Å². The van der Waals surface area contributed by atoms with Crippen molar-refractivity contribution in [3.63, 3.8) is 0 Å². The van der Waals surface area contributed by atoms with Gasteiger partial charge in [0.15, 0.2) is 0 Å². The van der Waals surface area contributed by atoms with Crippen molar-refractivity contribution >= 4 is 29.6 Å². The van der Waals surface area contributed by atoms with Gasteiger partial charge < -0.3 is 0 Å². The van der Waals surface area contributed by atoms with Crippen molar-refractivity contribution in [2.75, 3.05) is 0 Å². The van der Waals surface area contributed by atoms with E-state index in [2.05, 4.69) is 0 Å². The molecule has 0 aliphatic heterocycles. The second-order valence-electron chi connectivity index (χ2n) is 1.81. The fraction of sp³-hybridized carbons (Fsp3) is 0. The summed E-state index contributed by atoms with van der Waals surface area (Å²) in [5, 5.41) is 31.6. The van der Waals surface area contributed by atoms with Crippen LogP contribution in [0.5, 0.6) is 0 Å². The first-order chi connectivity index (χ1) is 4.80. The molecular formula is C4F2MgN4P+. The summed E-state index contributed by atoms with van der Waals surface area (Å²) in [6.45, 7) is -7.59. The Morgan fingerprint density at radius 2 is 0.917 bits per heavy atom. The predicted molar refractivity (Wildman–Crippen MR) is 37.3 cm³/mol. The van der Waals surface area contributed by atoms with Crippen molar-refractivity contribution < 1.29 is 8.39 Å². The molecule has 8 heteroatoms. The maximum absolute atomic E-state index is 12.8. The molecular weight excluding hydrogens is 197 g/mol. The van der Waals surface area contributed by atoms with Crippen molar-refractivity contribution in [1.82, 2.24) is 0 Å². The van der Waals surface area contributed by atoms with Gasteiger partial charge in [-0.25, -0.2) is 0 Å². The molecule has 0 heterocycles. The van der Waals surface area contributed by atoms with E-state index in [0.717, 1.165) is 0 Å². The summed E-state index contributed by atoms with van der Waals surface area (Å²) in [5.41, 5.74) is 0. The number of hydrogen-bond donors (Lipinski definition) is 0. The number of rotatable bonds is 0. The molecule has 0 saturated heterocycles. The van der Waals surface area contributed by atoms with Crippen LogP contribution in [-0.2, 0) is 0 Å². The molecule has 0 radical (unpaired) electrons. The second kappa shape index (κ2) is 2.51. The van der Waals surface area contributed by atoms with Gasteiger partial charge in [-0.3, -0.25) is 0 Å². The molecule has 0 rings (SSSR count). The van der Waals surface area contributed by atoms with Gasteiger partial charge in [-0.1, -0.05) is 0 Å². The van der Waals surface area contributed by atoms with Gasteiger partial charge >= 0.3 is 82.3 Å². The molecule has 0 bridgehead atoms. The van der Waals surface area contributed by atoms with E-state index in [4.69, 9.17) is 21.0 Å². The third-order valence-electron chi connectivity index (χ3n) is 0.902. The summed E-state index contributed by atoms with van der Waals surface area (Å²) < 4.78 is 25.6. The van der Waals surface area contributed by atoms with Crippen molar-refractivity contribution in [1.29, 1.82) is 21.0 Å². The molecule has 0 aliphatic rings. The van der Waals surface area contributed by atoms with E-state index >= 15 is 0 Å². The molecule has 0 aliphatic carbocycles. The molecule has 0 aromatic carbocycles. The van der Waals surface area contributed by atoms with Crippen LogP contribution in [0.3, 0.4) is 0 Å². The number of halogens is 2. The topological polar surface area (TPSA) is 95.2 Å². The molecule has 4 nitrogen and oxygen atoms in total. The van der Waals surface area contributed by atoms with E-state index < -0.39 is 6.57 Å². The van der Waals surface area contributed by atoms with Crippen LogP contribution in [0.1, 0.15) is 0 Å². The van der Waals surface area contributed by atoms with Crippen LogP contribution in [0.15, 0.2) is 0 Å². The monoisotopic (exact) mass is 197 g/mol. The van der Waals surface area contributed by atoms with Crippen LogP contribution in [0, 0.1) is 44.3 Å². The molecule has 0 fully saturated rings. The minimum absolute atomic E-state index is 0. The van der Waals surface area contributed by atoms with Gasteiger partial charge in [0.05, 0.1) is 0 Å². The maximum atomic E-state index is 12.8. The predicted octanol–water partition coefficient (Wildman–Crippen LogP) is 1.39. The molecule has 0 atom stereocenters. The summed E-state index contributed by atoms with van der Waals surface area (Å²) in [6.07, 6.45) is 0. The van der Waals surface area contributed by atoms with Gasteiger partial charge in [0, 0.05) is 0 Å². The standard InChI is InChI=1S/C4F2N4P.Mg/c5-11(6,1-7,2-8,3-9)4-10;/q-1;+2. The Kier molecular flexibility index (Phi) is 2.84. The number of hydrogen-bond acceptors (Lipinski definition) is 4. The van der Waals surface area contributed by atoms with Crippen LogP contribution < -0.4 is 0 Å². The first-order valence-corrected chi connectivity index (χ1v) is 4.59. The molecule has 0 spiro atoms. The quantitative estimate of drug-likeness (QED) is 0.433. The van der Waals surface area contributed by atoms with Crippen molar-refractivity contribution in [3.05, 3.63) is 0 Å². The van der Waals surface area contributed by atoms with Crippen molar-refractivity contribution in [2.45, 2.75) is 0 Å². The van der Waals surface area contributed by atoms with E-state index in [1.54, 1.807) is 0 Å². The molecule has 12 heavy (non-hydrogen) atoms. The van der Waals surface area contributed by atoms with Gasteiger partial charge in [0.2, 0.25) is 0 Å². The first kappa shape index (κ1) is 13.6. The Hall–Kier alpha value is -0.984. The Morgan fingerprint density at radius 3 is 0.917 bits per heavy atom. The average Bonchev–Trinajstić information content (AvgIpc) is 2.07. The normalized spacial score (nSPS) is 14.2. The molecule has 0 saturated carbocycles. The zero-order valence-electron chi connectivity index (χ0n) is 5.70. The van der Waals surface area contributed by atoms with Gasteiger partial charge in [0.1, 0.15) is 0 Å². The minimum Gasteiger partial charge on any atom is 2.00 e. The Balaban J connectivity index is 0. The van der Waals surface area contributed by atoms with Gasteiger partial charge in [0.25, 0.3) is 0 Å². The van der Waals surface area contributed by atoms with Crippen LogP contribution in [0.25, 0.3) is 0 Å². The van der Waals surface area contributed by atoms with E-state index in [9.17, 15) is 8.39 Å². The van der Waals surface area contributed by atoms with Crippen LogP contribution >= 0.6 is 6.57 Å². The van der Waals surface area contributed by atoms with E-state index in [0.29, 0.717) is 0 Å². The Morgan fingerprint density at radius 1 is 0.750 bits per heavy atom. The largest absolute Gasteiger partial charge is 2.00 e. The molecule has 56 valence electrons. The van der Waals surface area contributed by atoms with Gasteiger partial charge in [-0.15, -0.1) is 0 Å². The Bertz CT molecular complexity index is 312. The number of nitrogens with zero attached hydrogens (tertiary/aromatic N) is 4. The van der Waals surface area contributed by atoms with Crippen LogP contribution in [0.4, 0.5) is 8.39 Å². The van der Waals surface area contributed by atoms with Crippen LogP contribution in [0.2, 0.25) is 0 Å². The smallest absolute Gasteiger partial charge is 2.00 e. The second-order valence-corrected chi connectivity index (χ2v) is 5.43. The Labute approximate surface area is 82.5 Å². The minimum atomic E-state index is -7.59. The van der Waals surface area contributed by atoms with Gasteiger partial charge in [-0.05, 0) is 0 Å². The zero-order chi connectivity index (χ0) is 9.24. The molecule has 0 aromatic heterocycles. The van der Waals surface area contributed by atoms with Gasteiger partial charge in [-0.2, -0.15) is 0 Å². The summed E-state index contributed by atoms with van der Waals surface area (Å²) >= 11 is 0. The molecule has 0 aromatic rings. The van der Waals surface area contributed by atoms with E-state index in [1.165, 1.54) is 0 Å². The summed E-state index contributed by atoms with van der Waals surface area (Å²) in [5.74, 6) is 0.949. The molecule has 0 amide bonds. The van der Waals surface area contributed by atoms with E-state index in [1.807, 2.05) is 0 Å². The van der Waals surface area contributed by atoms with Crippen molar-refractivity contribution in [3.8, 4) is 23.2 Å². The maximum Gasteiger partial charge on any atom is 2.00 e. The SMILES string of the molecule is N#C[P-](F)(F)(C#N)(C#N)C#N.[Mg+2]. The molecule has 0 N–H and O–H groups in total. The average molecular weight is 197 g/mol. The third kappa shape index (κ3) is 1.60. The number of nitriles is 4. The first-order valence-electron chi connectivity index (χ1n) is 2.13.